The highest BCUT2D eigenvalue weighted by Gasteiger charge is 2.06. The van der Waals surface area contributed by atoms with Gasteiger partial charge >= 0.3 is 0 Å². The lowest BCUT2D eigenvalue weighted by atomic mass is 10.2. The van der Waals surface area contributed by atoms with E-state index in [9.17, 15) is 4.79 Å². The largest absolute Gasteiger partial charge is 0.493 e. The summed E-state index contributed by atoms with van der Waals surface area (Å²) in [6.45, 7) is 1.10. The fourth-order valence-electron chi connectivity index (χ4n) is 2.37. The molecule has 0 saturated carbocycles. The molecule has 0 bridgehead atoms. The van der Waals surface area contributed by atoms with Gasteiger partial charge in [0.05, 0.1) is 25.3 Å². The zero-order chi connectivity index (χ0) is 19.3. The predicted octanol–water partition coefficient (Wildman–Crippen LogP) is 4.02. The molecule has 0 unspecified atom stereocenters. The number of nitriles is 1. The van der Waals surface area contributed by atoms with Gasteiger partial charge in [-0.3, -0.25) is 4.79 Å². The molecule has 0 atom stereocenters. The summed E-state index contributed by atoms with van der Waals surface area (Å²) in [4.78, 5) is 13.1. The highest BCUT2D eigenvalue weighted by atomic mass is 32.2. The van der Waals surface area contributed by atoms with Crippen LogP contribution in [0.2, 0.25) is 0 Å². The number of rotatable bonds is 11. The number of thioether (sulfide) groups is 1. The molecule has 0 aliphatic rings. The minimum absolute atomic E-state index is 0.0371. The number of ether oxygens (including phenoxy) is 2. The fraction of sp³-hybridized carbons (Fsp3) is 0.333. The van der Waals surface area contributed by atoms with E-state index in [-0.39, 0.29) is 5.91 Å². The van der Waals surface area contributed by atoms with Crippen molar-refractivity contribution in [1.82, 2.24) is 5.32 Å². The lowest BCUT2D eigenvalue weighted by Crippen LogP contribution is -2.24. The van der Waals surface area contributed by atoms with Crippen molar-refractivity contribution in [3.05, 3.63) is 54.1 Å². The SMILES string of the molecule is COc1cc(C#N)ccc1OCCCC(=O)NCCCSc1ccccc1. The third-order valence-corrected chi connectivity index (χ3v) is 4.85. The van der Waals surface area contributed by atoms with Gasteiger partial charge < -0.3 is 14.8 Å². The average molecular weight is 385 g/mol. The molecular weight excluding hydrogens is 360 g/mol. The van der Waals surface area contributed by atoms with Gasteiger partial charge in [0.25, 0.3) is 0 Å². The highest BCUT2D eigenvalue weighted by Crippen LogP contribution is 2.27. The third-order valence-electron chi connectivity index (χ3n) is 3.75. The number of carbonyl (C=O) groups is 1. The van der Waals surface area contributed by atoms with E-state index >= 15 is 0 Å². The summed E-state index contributed by atoms with van der Waals surface area (Å²) in [6.07, 6.45) is 1.97. The average Bonchev–Trinajstić information content (AvgIpc) is 2.71. The Labute approximate surface area is 164 Å². The number of methoxy groups -OCH3 is 1. The van der Waals surface area contributed by atoms with Crippen molar-refractivity contribution in [3.63, 3.8) is 0 Å². The van der Waals surface area contributed by atoms with Crippen LogP contribution in [0.3, 0.4) is 0 Å². The lowest BCUT2D eigenvalue weighted by molar-refractivity contribution is -0.121. The zero-order valence-electron chi connectivity index (χ0n) is 15.4. The molecule has 142 valence electrons. The Morgan fingerprint density at radius 3 is 2.70 bits per heavy atom. The molecule has 0 heterocycles. The number of carbonyl (C=O) groups excluding carboxylic acids is 1. The van der Waals surface area contributed by atoms with Crippen LogP contribution in [0.5, 0.6) is 11.5 Å². The molecule has 0 spiro atoms. The van der Waals surface area contributed by atoms with Gasteiger partial charge in [-0.05, 0) is 42.9 Å². The molecule has 0 aliphatic carbocycles. The van der Waals surface area contributed by atoms with Gasteiger partial charge in [-0.15, -0.1) is 11.8 Å². The van der Waals surface area contributed by atoms with Crippen LogP contribution in [0.25, 0.3) is 0 Å². The number of hydrogen-bond donors (Lipinski definition) is 1. The van der Waals surface area contributed by atoms with Crippen molar-refractivity contribution < 1.29 is 14.3 Å². The fourth-order valence-corrected chi connectivity index (χ4v) is 3.24. The van der Waals surface area contributed by atoms with Gasteiger partial charge in [0.1, 0.15) is 0 Å². The van der Waals surface area contributed by atoms with Gasteiger partial charge in [-0.25, -0.2) is 0 Å². The monoisotopic (exact) mass is 384 g/mol. The molecule has 0 fully saturated rings. The van der Waals surface area contributed by atoms with Crippen molar-refractivity contribution in [1.29, 1.82) is 5.26 Å². The van der Waals surface area contributed by atoms with Crippen LogP contribution >= 0.6 is 11.8 Å². The van der Waals surface area contributed by atoms with Crippen LogP contribution in [-0.4, -0.2) is 31.9 Å². The number of nitrogens with one attached hydrogen (secondary N) is 1. The Hall–Kier alpha value is -2.65. The lowest BCUT2D eigenvalue weighted by Gasteiger charge is -2.11. The van der Waals surface area contributed by atoms with Crippen molar-refractivity contribution in [2.45, 2.75) is 24.2 Å². The van der Waals surface area contributed by atoms with Crippen LogP contribution in [0, 0.1) is 11.3 Å². The number of amides is 1. The van der Waals surface area contributed by atoms with Crippen LogP contribution in [0.15, 0.2) is 53.4 Å². The Bertz CT molecular complexity index is 760. The van der Waals surface area contributed by atoms with E-state index in [1.54, 1.807) is 30.0 Å². The summed E-state index contributed by atoms with van der Waals surface area (Å²) in [5, 5.41) is 11.8. The summed E-state index contributed by atoms with van der Waals surface area (Å²) in [6, 6.07) is 17.3. The van der Waals surface area contributed by atoms with Gasteiger partial charge in [0.15, 0.2) is 11.5 Å². The Morgan fingerprint density at radius 1 is 1.15 bits per heavy atom. The second-order valence-corrected chi connectivity index (χ2v) is 6.96. The van der Waals surface area contributed by atoms with Crippen molar-refractivity contribution in [2.24, 2.45) is 0 Å². The summed E-state index contributed by atoms with van der Waals surface area (Å²) in [7, 11) is 1.53. The minimum atomic E-state index is 0.0371. The van der Waals surface area contributed by atoms with E-state index in [1.165, 1.54) is 12.0 Å². The van der Waals surface area contributed by atoms with Crippen molar-refractivity contribution >= 4 is 17.7 Å². The van der Waals surface area contributed by atoms with Crippen LogP contribution < -0.4 is 14.8 Å². The first-order chi connectivity index (χ1) is 13.2. The Morgan fingerprint density at radius 2 is 1.96 bits per heavy atom. The smallest absolute Gasteiger partial charge is 0.220 e. The molecule has 0 saturated heterocycles. The highest BCUT2D eigenvalue weighted by molar-refractivity contribution is 7.99. The van der Waals surface area contributed by atoms with Crippen LogP contribution in [0.1, 0.15) is 24.8 Å². The predicted molar refractivity (Wildman–Crippen MR) is 107 cm³/mol. The second-order valence-electron chi connectivity index (χ2n) is 5.79. The maximum absolute atomic E-state index is 11.9. The molecule has 2 aromatic carbocycles. The van der Waals surface area contributed by atoms with Gasteiger partial charge in [-0.2, -0.15) is 5.26 Å². The second kappa shape index (κ2) is 11.9. The standard InChI is InChI=1S/C21H24N2O3S/c1-25-20-15-17(16-22)10-11-19(20)26-13-5-9-21(24)23-12-6-14-27-18-7-3-2-4-8-18/h2-4,7-8,10-11,15H,5-6,9,12-14H2,1H3,(H,23,24). The maximum atomic E-state index is 11.9. The number of hydrogen-bond acceptors (Lipinski definition) is 5. The third kappa shape index (κ3) is 7.63. The first-order valence-electron chi connectivity index (χ1n) is 8.88. The summed E-state index contributed by atoms with van der Waals surface area (Å²) in [5.74, 6) is 2.12. The number of benzene rings is 2. The summed E-state index contributed by atoms with van der Waals surface area (Å²) < 4.78 is 10.9. The topological polar surface area (TPSA) is 71.3 Å². The molecule has 0 aromatic heterocycles. The van der Waals surface area contributed by atoms with Gasteiger partial charge in [-0.1, -0.05) is 18.2 Å². The molecular formula is C21H24N2O3S. The van der Waals surface area contributed by atoms with Crippen LogP contribution in [0.4, 0.5) is 0 Å². The first-order valence-corrected chi connectivity index (χ1v) is 9.87. The van der Waals surface area contributed by atoms with Crippen molar-refractivity contribution in [3.8, 4) is 17.6 Å². The minimum Gasteiger partial charge on any atom is -0.493 e. The molecule has 6 heteroatoms. The van der Waals surface area contributed by atoms with E-state index in [1.807, 2.05) is 18.2 Å². The quantitative estimate of drug-likeness (QED) is 0.468. The van der Waals surface area contributed by atoms with Gasteiger partial charge in [0, 0.05) is 23.9 Å². The van der Waals surface area contributed by atoms with E-state index in [2.05, 4.69) is 23.5 Å². The van der Waals surface area contributed by atoms with E-state index in [4.69, 9.17) is 14.7 Å². The molecule has 2 rings (SSSR count). The molecule has 1 N–H and O–H groups in total. The normalized spacial score (nSPS) is 10.1. The molecule has 1 amide bonds. The van der Waals surface area contributed by atoms with Crippen molar-refractivity contribution in [2.75, 3.05) is 26.0 Å². The van der Waals surface area contributed by atoms with E-state index in [0.29, 0.717) is 43.1 Å². The molecule has 5 nitrogen and oxygen atoms in total. The van der Waals surface area contributed by atoms with E-state index in [0.717, 1.165) is 12.2 Å². The molecule has 0 aliphatic heterocycles. The van der Waals surface area contributed by atoms with Gasteiger partial charge in [0.2, 0.25) is 5.91 Å². The first kappa shape index (κ1) is 20.7. The molecule has 27 heavy (non-hydrogen) atoms. The molecule has 2 aromatic rings. The summed E-state index contributed by atoms with van der Waals surface area (Å²) in [5.41, 5.74) is 0.518. The molecule has 0 radical (unpaired) electrons. The maximum Gasteiger partial charge on any atom is 0.220 e. The Kier molecular flexibility index (Phi) is 9.08. The zero-order valence-corrected chi connectivity index (χ0v) is 16.3. The van der Waals surface area contributed by atoms with Crippen LogP contribution in [-0.2, 0) is 4.79 Å². The van der Waals surface area contributed by atoms with E-state index < -0.39 is 0 Å². The Balaban J connectivity index is 1.56. The summed E-state index contributed by atoms with van der Waals surface area (Å²) >= 11 is 1.79. The number of nitrogens with zero attached hydrogens (tertiary/aromatic N) is 1.